The summed E-state index contributed by atoms with van der Waals surface area (Å²) in [6.45, 7) is 1.77. The van der Waals surface area contributed by atoms with Crippen LogP contribution in [0, 0.1) is 0 Å². The first-order chi connectivity index (χ1) is 9.58. The maximum Gasteiger partial charge on any atom is 0.271 e. The number of nitrogens with one attached hydrogen (secondary N) is 1. The maximum absolute atomic E-state index is 11.7. The Kier molecular flexibility index (Phi) is 4.24. The van der Waals surface area contributed by atoms with Crippen LogP contribution in [-0.4, -0.2) is 34.9 Å². The second kappa shape index (κ2) is 6.10. The molecule has 1 fully saturated rings. The average Bonchev–Trinajstić information content (AvgIpc) is 2.77. The predicted octanol–water partition coefficient (Wildman–Crippen LogP) is 0.941. The molecule has 1 aromatic rings. The van der Waals surface area contributed by atoms with Crippen LogP contribution in [0.5, 0.6) is 0 Å². The maximum atomic E-state index is 11.7. The van der Waals surface area contributed by atoms with Crippen molar-refractivity contribution < 1.29 is 14.4 Å². The number of imide groups is 1. The second-order valence-corrected chi connectivity index (χ2v) is 4.53. The zero-order chi connectivity index (χ0) is 14.5. The summed E-state index contributed by atoms with van der Waals surface area (Å²) in [5.74, 6) is -0.720. The van der Waals surface area contributed by atoms with E-state index in [9.17, 15) is 14.4 Å². The van der Waals surface area contributed by atoms with E-state index in [4.69, 9.17) is 0 Å². The van der Waals surface area contributed by atoms with Crippen LogP contribution in [0.1, 0.15) is 30.1 Å². The SMILES string of the molecule is C/C(CN1C(=O)CCC1=O)=N\NC(=O)c1ccccc1. The highest BCUT2D eigenvalue weighted by Crippen LogP contribution is 2.11. The summed E-state index contributed by atoms with van der Waals surface area (Å²) in [4.78, 5) is 35.8. The van der Waals surface area contributed by atoms with Crippen molar-refractivity contribution in [1.29, 1.82) is 0 Å². The number of amides is 3. The van der Waals surface area contributed by atoms with E-state index in [1.54, 1.807) is 31.2 Å². The van der Waals surface area contributed by atoms with Crippen LogP contribution in [0.4, 0.5) is 0 Å². The largest absolute Gasteiger partial charge is 0.277 e. The molecule has 0 bridgehead atoms. The van der Waals surface area contributed by atoms with E-state index >= 15 is 0 Å². The Labute approximate surface area is 116 Å². The molecular formula is C14H15N3O3. The molecular weight excluding hydrogens is 258 g/mol. The minimum Gasteiger partial charge on any atom is -0.277 e. The predicted molar refractivity (Wildman–Crippen MR) is 73.0 cm³/mol. The quantitative estimate of drug-likeness (QED) is 0.504. The lowest BCUT2D eigenvalue weighted by Crippen LogP contribution is -2.34. The minimum absolute atomic E-state index is 0.118. The summed E-state index contributed by atoms with van der Waals surface area (Å²) >= 11 is 0. The molecule has 6 heteroatoms. The number of hydrogen-bond donors (Lipinski definition) is 1. The van der Waals surface area contributed by atoms with Crippen LogP contribution in [-0.2, 0) is 9.59 Å². The van der Waals surface area contributed by atoms with Crippen LogP contribution >= 0.6 is 0 Å². The van der Waals surface area contributed by atoms with Gasteiger partial charge >= 0.3 is 0 Å². The summed E-state index contributed by atoms with van der Waals surface area (Å²) in [5, 5.41) is 3.90. The standard InChI is InChI=1S/C14H15N3O3/c1-10(9-17-12(18)7-8-13(17)19)15-16-14(20)11-5-3-2-4-6-11/h2-6H,7-9H2,1H3,(H,16,20)/b15-10+. The van der Waals surface area contributed by atoms with E-state index in [0.29, 0.717) is 11.3 Å². The van der Waals surface area contributed by atoms with E-state index in [1.165, 1.54) is 0 Å². The number of carbonyl (C=O) groups excluding carboxylic acids is 3. The van der Waals surface area contributed by atoms with Gasteiger partial charge in [-0.1, -0.05) is 18.2 Å². The van der Waals surface area contributed by atoms with Crippen molar-refractivity contribution in [2.75, 3.05) is 6.54 Å². The Bertz CT molecular complexity index is 550. The minimum atomic E-state index is -0.330. The Morgan fingerprint density at radius 1 is 1.20 bits per heavy atom. The van der Waals surface area contributed by atoms with Gasteiger partial charge in [0.15, 0.2) is 0 Å². The van der Waals surface area contributed by atoms with E-state index in [-0.39, 0.29) is 37.1 Å². The van der Waals surface area contributed by atoms with Crippen LogP contribution in [0.2, 0.25) is 0 Å². The first kappa shape index (κ1) is 13.9. The summed E-state index contributed by atoms with van der Waals surface area (Å²) in [5.41, 5.74) is 3.40. The second-order valence-electron chi connectivity index (χ2n) is 4.53. The van der Waals surface area contributed by atoms with Gasteiger partial charge in [-0.3, -0.25) is 19.3 Å². The van der Waals surface area contributed by atoms with Crippen LogP contribution in [0.3, 0.4) is 0 Å². The topological polar surface area (TPSA) is 78.8 Å². The molecule has 6 nitrogen and oxygen atoms in total. The lowest BCUT2D eigenvalue weighted by molar-refractivity contribution is -0.137. The third kappa shape index (κ3) is 3.28. The lowest BCUT2D eigenvalue weighted by Gasteiger charge is -2.12. The fourth-order valence-electron chi connectivity index (χ4n) is 1.86. The summed E-state index contributed by atoms with van der Waals surface area (Å²) in [7, 11) is 0. The van der Waals surface area contributed by atoms with Gasteiger partial charge in [-0.05, 0) is 19.1 Å². The number of likely N-dealkylation sites (tertiary alicyclic amines) is 1. The van der Waals surface area contributed by atoms with Crippen molar-refractivity contribution >= 4 is 23.4 Å². The van der Waals surface area contributed by atoms with Gasteiger partial charge in [-0.15, -0.1) is 0 Å². The van der Waals surface area contributed by atoms with E-state index in [1.807, 2.05) is 6.07 Å². The molecule has 0 unspecified atom stereocenters. The smallest absolute Gasteiger partial charge is 0.271 e. The lowest BCUT2D eigenvalue weighted by atomic mass is 10.2. The van der Waals surface area contributed by atoms with Gasteiger partial charge in [0.1, 0.15) is 0 Å². The number of nitrogens with zero attached hydrogens (tertiary/aromatic N) is 2. The van der Waals surface area contributed by atoms with Gasteiger partial charge in [0, 0.05) is 18.4 Å². The van der Waals surface area contributed by atoms with Gasteiger partial charge < -0.3 is 0 Å². The fraction of sp³-hybridized carbons (Fsp3) is 0.286. The summed E-state index contributed by atoms with van der Waals surface area (Å²) in [6.07, 6.45) is 0.505. The Morgan fingerprint density at radius 2 is 1.80 bits per heavy atom. The summed E-state index contributed by atoms with van der Waals surface area (Å²) < 4.78 is 0. The van der Waals surface area contributed by atoms with E-state index in [2.05, 4.69) is 10.5 Å². The molecule has 1 aliphatic rings. The Hall–Kier alpha value is -2.50. The number of carbonyl (C=O) groups is 3. The Balaban J connectivity index is 1.93. The van der Waals surface area contributed by atoms with Crippen LogP contribution in [0.25, 0.3) is 0 Å². The van der Waals surface area contributed by atoms with Crippen molar-refractivity contribution in [3.63, 3.8) is 0 Å². The third-order valence-corrected chi connectivity index (χ3v) is 2.93. The molecule has 0 radical (unpaired) electrons. The van der Waals surface area contributed by atoms with Crippen molar-refractivity contribution in [3.8, 4) is 0 Å². The molecule has 1 heterocycles. The molecule has 20 heavy (non-hydrogen) atoms. The average molecular weight is 273 g/mol. The normalized spacial score (nSPS) is 15.7. The molecule has 104 valence electrons. The highest BCUT2D eigenvalue weighted by molar-refractivity contribution is 6.05. The first-order valence-electron chi connectivity index (χ1n) is 6.29. The monoisotopic (exact) mass is 273 g/mol. The van der Waals surface area contributed by atoms with Gasteiger partial charge in [-0.25, -0.2) is 5.43 Å². The Morgan fingerprint density at radius 3 is 2.40 bits per heavy atom. The molecule has 1 saturated heterocycles. The van der Waals surface area contributed by atoms with E-state index < -0.39 is 0 Å². The van der Waals surface area contributed by atoms with Gasteiger partial charge in [0.2, 0.25) is 11.8 Å². The van der Waals surface area contributed by atoms with Gasteiger partial charge in [0.05, 0.1) is 12.3 Å². The number of hydrogen-bond acceptors (Lipinski definition) is 4. The molecule has 0 aliphatic carbocycles. The molecule has 0 aromatic heterocycles. The fourth-order valence-corrected chi connectivity index (χ4v) is 1.86. The highest BCUT2D eigenvalue weighted by Gasteiger charge is 2.28. The molecule has 0 saturated carbocycles. The number of benzene rings is 1. The van der Waals surface area contributed by atoms with Gasteiger partial charge in [-0.2, -0.15) is 5.10 Å². The third-order valence-electron chi connectivity index (χ3n) is 2.93. The molecule has 1 aliphatic heterocycles. The van der Waals surface area contributed by atoms with Crippen molar-refractivity contribution in [3.05, 3.63) is 35.9 Å². The molecule has 1 aromatic carbocycles. The zero-order valence-electron chi connectivity index (χ0n) is 11.1. The highest BCUT2D eigenvalue weighted by atomic mass is 16.2. The molecule has 0 atom stereocenters. The summed E-state index contributed by atoms with van der Waals surface area (Å²) in [6, 6.07) is 8.68. The number of rotatable bonds is 4. The van der Waals surface area contributed by atoms with Crippen molar-refractivity contribution in [1.82, 2.24) is 10.3 Å². The van der Waals surface area contributed by atoms with Gasteiger partial charge in [0.25, 0.3) is 5.91 Å². The molecule has 0 spiro atoms. The van der Waals surface area contributed by atoms with Crippen molar-refractivity contribution in [2.45, 2.75) is 19.8 Å². The van der Waals surface area contributed by atoms with E-state index in [0.717, 1.165) is 4.90 Å². The molecule has 1 N–H and O–H groups in total. The molecule has 2 rings (SSSR count). The van der Waals surface area contributed by atoms with Crippen LogP contribution < -0.4 is 5.43 Å². The first-order valence-corrected chi connectivity index (χ1v) is 6.29. The number of hydrazone groups is 1. The van der Waals surface area contributed by atoms with Crippen molar-refractivity contribution in [2.24, 2.45) is 5.10 Å². The van der Waals surface area contributed by atoms with Crippen LogP contribution in [0.15, 0.2) is 35.4 Å². The zero-order valence-corrected chi connectivity index (χ0v) is 11.1. The molecule has 3 amide bonds.